The second kappa shape index (κ2) is 3.73. The highest BCUT2D eigenvalue weighted by molar-refractivity contribution is 4.80. The SMILES string of the molecule is CC1C[N]CCN1CC(C)(C)O. The van der Waals surface area contributed by atoms with Crippen molar-refractivity contribution in [3.63, 3.8) is 0 Å². The molecule has 0 aromatic rings. The number of aliphatic hydroxyl groups is 1. The van der Waals surface area contributed by atoms with Gasteiger partial charge in [0, 0.05) is 32.2 Å². The molecular weight excluding hydrogens is 152 g/mol. The van der Waals surface area contributed by atoms with Crippen LogP contribution >= 0.6 is 0 Å². The fourth-order valence-corrected chi connectivity index (χ4v) is 1.55. The van der Waals surface area contributed by atoms with E-state index >= 15 is 0 Å². The zero-order valence-electron chi connectivity index (χ0n) is 8.25. The summed E-state index contributed by atoms with van der Waals surface area (Å²) < 4.78 is 0. The Morgan fingerprint density at radius 3 is 2.75 bits per heavy atom. The van der Waals surface area contributed by atoms with Crippen LogP contribution in [0.1, 0.15) is 20.8 Å². The van der Waals surface area contributed by atoms with Gasteiger partial charge in [-0.25, -0.2) is 5.32 Å². The van der Waals surface area contributed by atoms with Crippen LogP contribution in [0.3, 0.4) is 0 Å². The van der Waals surface area contributed by atoms with E-state index in [4.69, 9.17) is 0 Å². The third-order valence-corrected chi connectivity index (χ3v) is 2.15. The van der Waals surface area contributed by atoms with E-state index in [9.17, 15) is 5.11 Å². The van der Waals surface area contributed by atoms with Gasteiger partial charge in [-0.1, -0.05) is 0 Å². The van der Waals surface area contributed by atoms with Crippen LogP contribution in [0, 0.1) is 0 Å². The standard InChI is InChI=1S/C9H19N2O/c1-8-6-10-4-5-11(8)7-9(2,3)12/h8,12H,4-7H2,1-3H3. The van der Waals surface area contributed by atoms with Gasteiger partial charge in [0.15, 0.2) is 0 Å². The number of rotatable bonds is 2. The molecule has 71 valence electrons. The molecule has 1 aliphatic rings. The van der Waals surface area contributed by atoms with Crippen molar-refractivity contribution in [1.29, 1.82) is 0 Å². The number of β-amino-alcohol motifs (C(OH)–C–C–N with tert-alkyl or cyclic N) is 1. The monoisotopic (exact) mass is 171 g/mol. The van der Waals surface area contributed by atoms with E-state index in [-0.39, 0.29) is 0 Å². The highest BCUT2D eigenvalue weighted by atomic mass is 16.3. The maximum absolute atomic E-state index is 9.62. The topological polar surface area (TPSA) is 37.6 Å². The largest absolute Gasteiger partial charge is 0.389 e. The molecule has 1 heterocycles. The molecule has 0 aromatic carbocycles. The van der Waals surface area contributed by atoms with Crippen molar-refractivity contribution in [2.75, 3.05) is 26.2 Å². The molecule has 0 aliphatic carbocycles. The minimum Gasteiger partial charge on any atom is -0.389 e. The summed E-state index contributed by atoms with van der Waals surface area (Å²) in [5.74, 6) is 0. The zero-order valence-corrected chi connectivity index (χ0v) is 8.25. The summed E-state index contributed by atoms with van der Waals surface area (Å²) in [5, 5.41) is 13.9. The molecule has 0 amide bonds. The fraction of sp³-hybridized carbons (Fsp3) is 1.00. The highest BCUT2D eigenvalue weighted by Gasteiger charge is 2.24. The van der Waals surface area contributed by atoms with Crippen molar-refractivity contribution in [3.8, 4) is 0 Å². The van der Waals surface area contributed by atoms with Crippen LogP contribution in [0.4, 0.5) is 0 Å². The minimum absolute atomic E-state index is 0.491. The molecule has 3 nitrogen and oxygen atoms in total. The van der Waals surface area contributed by atoms with Gasteiger partial charge < -0.3 is 5.11 Å². The second-order valence-corrected chi connectivity index (χ2v) is 4.26. The van der Waals surface area contributed by atoms with Crippen LogP contribution in [-0.4, -0.2) is 47.8 Å². The Hall–Kier alpha value is -0.120. The Morgan fingerprint density at radius 1 is 1.58 bits per heavy atom. The predicted molar refractivity (Wildman–Crippen MR) is 49.2 cm³/mol. The summed E-state index contributed by atoms with van der Waals surface area (Å²) in [6.45, 7) is 9.44. The van der Waals surface area contributed by atoms with Gasteiger partial charge >= 0.3 is 0 Å². The Bertz CT molecular complexity index is 142. The molecule has 12 heavy (non-hydrogen) atoms. The van der Waals surface area contributed by atoms with Gasteiger partial charge in [-0.3, -0.25) is 4.90 Å². The van der Waals surface area contributed by atoms with E-state index in [0.717, 1.165) is 26.2 Å². The first-order valence-electron chi connectivity index (χ1n) is 4.59. The summed E-state index contributed by atoms with van der Waals surface area (Å²) >= 11 is 0. The predicted octanol–water partition coefficient (Wildman–Crippen LogP) is 0.0658. The van der Waals surface area contributed by atoms with Crippen LogP contribution in [0.2, 0.25) is 0 Å². The molecule has 0 spiro atoms. The molecule has 1 saturated heterocycles. The van der Waals surface area contributed by atoms with Crippen molar-refractivity contribution in [2.24, 2.45) is 0 Å². The Labute approximate surface area is 74.8 Å². The van der Waals surface area contributed by atoms with E-state index in [2.05, 4.69) is 17.1 Å². The Morgan fingerprint density at radius 2 is 2.25 bits per heavy atom. The van der Waals surface area contributed by atoms with Crippen molar-refractivity contribution < 1.29 is 5.11 Å². The van der Waals surface area contributed by atoms with E-state index < -0.39 is 5.60 Å². The van der Waals surface area contributed by atoms with Gasteiger partial charge in [-0.05, 0) is 20.8 Å². The lowest BCUT2D eigenvalue weighted by atomic mass is 10.1. The van der Waals surface area contributed by atoms with Crippen molar-refractivity contribution >= 4 is 0 Å². The molecule has 3 heteroatoms. The minimum atomic E-state index is -0.578. The van der Waals surface area contributed by atoms with Gasteiger partial charge in [0.05, 0.1) is 5.60 Å². The summed E-state index contributed by atoms with van der Waals surface area (Å²) in [4.78, 5) is 2.30. The molecule has 1 atom stereocenters. The quantitative estimate of drug-likeness (QED) is 0.638. The lowest BCUT2D eigenvalue weighted by Gasteiger charge is -2.36. The summed E-state index contributed by atoms with van der Waals surface area (Å²) in [6.07, 6.45) is 0. The molecule has 1 rings (SSSR count). The molecule has 1 fully saturated rings. The number of hydrogen-bond donors (Lipinski definition) is 1. The first kappa shape index (κ1) is 9.96. The van der Waals surface area contributed by atoms with E-state index in [0.29, 0.717) is 6.04 Å². The zero-order chi connectivity index (χ0) is 9.19. The van der Waals surface area contributed by atoms with Crippen LogP contribution in [0.5, 0.6) is 0 Å². The lowest BCUT2D eigenvalue weighted by Crippen LogP contribution is -2.51. The first-order valence-corrected chi connectivity index (χ1v) is 4.59. The van der Waals surface area contributed by atoms with Gasteiger partial charge in [0.25, 0.3) is 0 Å². The first-order chi connectivity index (χ1) is 5.49. The normalized spacial score (nSPS) is 27.5. The number of nitrogens with zero attached hydrogens (tertiary/aromatic N) is 2. The van der Waals surface area contributed by atoms with Gasteiger partial charge in [-0.2, -0.15) is 0 Å². The average Bonchev–Trinajstić information content (AvgIpc) is 1.91. The third-order valence-electron chi connectivity index (χ3n) is 2.15. The highest BCUT2D eigenvalue weighted by Crippen LogP contribution is 2.10. The van der Waals surface area contributed by atoms with Crippen molar-refractivity contribution in [2.45, 2.75) is 32.4 Å². The van der Waals surface area contributed by atoms with Gasteiger partial charge in [0.2, 0.25) is 0 Å². The smallest absolute Gasteiger partial charge is 0.0718 e. The maximum Gasteiger partial charge on any atom is 0.0718 e. The molecule has 0 bridgehead atoms. The van der Waals surface area contributed by atoms with Crippen LogP contribution in [0.25, 0.3) is 0 Å². The molecule has 0 saturated carbocycles. The lowest BCUT2D eigenvalue weighted by molar-refractivity contribution is 0.0167. The molecule has 0 aromatic heterocycles. The van der Waals surface area contributed by atoms with E-state index in [1.807, 2.05) is 13.8 Å². The van der Waals surface area contributed by atoms with E-state index in [1.165, 1.54) is 0 Å². The Balaban J connectivity index is 2.39. The van der Waals surface area contributed by atoms with Crippen LogP contribution in [-0.2, 0) is 0 Å². The Kier molecular flexibility index (Phi) is 3.09. The average molecular weight is 171 g/mol. The maximum atomic E-state index is 9.62. The molecule has 1 unspecified atom stereocenters. The number of hydrogen-bond acceptors (Lipinski definition) is 2. The fourth-order valence-electron chi connectivity index (χ4n) is 1.55. The third kappa shape index (κ3) is 3.09. The van der Waals surface area contributed by atoms with Crippen molar-refractivity contribution in [1.82, 2.24) is 10.2 Å². The van der Waals surface area contributed by atoms with Gasteiger partial charge in [0.1, 0.15) is 0 Å². The van der Waals surface area contributed by atoms with Crippen LogP contribution in [0.15, 0.2) is 0 Å². The van der Waals surface area contributed by atoms with Crippen LogP contribution < -0.4 is 5.32 Å². The summed E-state index contributed by atoms with van der Waals surface area (Å²) in [5.41, 5.74) is -0.578. The van der Waals surface area contributed by atoms with E-state index in [1.54, 1.807) is 0 Å². The summed E-state index contributed by atoms with van der Waals surface area (Å²) in [6, 6.07) is 0.491. The second-order valence-electron chi connectivity index (χ2n) is 4.26. The van der Waals surface area contributed by atoms with Gasteiger partial charge in [-0.15, -0.1) is 0 Å². The molecule has 1 aliphatic heterocycles. The van der Waals surface area contributed by atoms with Crippen molar-refractivity contribution in [3.05, 3.63) is 0 Å². The molecule has 1 radical (unpaired) electrons. The summed E-state index contributed by atoms with van der Waals surface area (Å²) in [7, 11) is 0. The molecule has 1 N–H and O–H groups in total. The molecular formula is C9H19N2O. The number of piperazine rings is 1.